The lowest BCUT2D eigenvalue weighted by Crippen LogP contribution is -2.41. The maximum absolute atomic E-state index is 13.6. The molecule has 0 fully saturated rings. The lowest BCUT2D eigenvalue weighted by molar-refractivity contribution is -0.136. The van der Waals surface area contributed by atoms with Gasteiger partial charge >= 0.3 is 0 Å². The molecule has 1 N–H and O–H groups in total. The van der Waals surface area contributed by atoms with Gasteiger partial charge in [-0.1, -0.05) is 102 Å². The van der Waals surface area contributed by atoms with Gasteiger partial charge in [0.25, 0.3) is 5.91 Å². The maximum atomic E-state index is 13.6. The van der Waals surface area contributed by atoms with Gasteiger partial charge in [-0.05, 0) is 29.3 Å². The van der Waals surface area contributed by atoms with Gasteiger partial charge in [-0.25, -0.2) is 0 Å². The Labute approximate surface area is 213 Å². The van der Waals surface area contributed by atoms with Crippen molar-refractivity contribution in [1.29, 1.82) is 0 Å². The van der Waals surface area contributed by atoms with Crippen LogP contribution in [0.3, 0.4) is 0 Å². The van der Waals surface area contributed by atoms with Crippen LogP contribution in [-0.4, -0.2) is 16.8 Å². The number of ketones is 1. The minimum absolute atomic E-state index is 0.0800. The van der Waals surface area contributed by atoms with Gasteiger partial charge in [-0.2, -0.15) is 0 Å². The molecule has 6 heteroatoms. The molecular formula is C29H21Cl2NO3. The van der Waals surface area contributed by atoms with E-state index in [1.807, 2.05) is 42.5 Å². The van der Waals surface area contributed by atoms with Crippen molar-refractivity contribution >= 4 is 40.6 Å². The zero-order valence-electron chi connectivity index (χ0n) is 18.6. The SMILES string of the molecule is O=C(CC1(O)C(=O)N(Cc2c(Cl)cccc2Cl)c2ccccc21)c1ccc(-c2ccccc2)cc1. The van der Waals surface area contributed by atoms with Crippen molar-refractivity contribution in [2.75, 3.05) is 4.90 Å². The molecule has 174 valence electrons. The van der Waals surface area contributed by atoms with Gasteiger partial charge in [-0.3, -0.25) is 9.59 Å². The third kappa shape index (κ3) is 4.25. The summed E-state index contributed by atoms with van der Waals surface area (Å²) in [7, 11) is 0. The Bertz CT molecular complexity index is 1400. The number of rotatable bonds is 6. The van der Waals surface area contributed by atoms with Gasteiger partial charge in [0.2, 0.25) is 0 Å². The smallest absolute Gasteiger partial charge is 0.264 e. The molecule has 1 heterocycles. The first-order valence-electron chi connectivity index (χ1n) is 11.1. The first-order chi connectivity index (χ1) is 16.9. The molecular weight excluding hydrogens is 481 g/mol. The van der Waals surface area contributed by atoms with Crippen LogP contribution in [0.25, 0.3) is 11.1 Å². The number of carbonyl (C=O) groups excluding carboxylic acids is 2. The van der Waals surface area contributed by atoms with Crippen LogP contribution in [-0.2, 0) is 16.9 Å². The average molecular weight is 502 g/mol. The zero-order valence-corrected chi connectivity index (χ0v) is 20.1. The predicted molar refractivity (Wildman–Crippen MR) is 139 cm³/mol. The third-order valence-electron chi connectivity index (χ3n) is 6.35. The highest BCUT2D eigenvalue weighted by Gasteiger charge is 2.51. The number of aliphatic hydroxyl groups is 1. The van der Waals surface area contributed by atoms with Crippen molar-refractivity contribution in [1.82, 2.24) is 0 Å². The summed E-state index contributed by atoms with van der Waals surface area (Å²) in [5.74, 6) is -0.906. The molecule has 1 aliphatic rings. The minimum Gasteiger partial charge on any atom is -0.375 e. The maximum Gasteiger partial charge on any atom is 0.264 e. The molecule has 0 radical (unpaired) electrons. The van der Waals surface area contributed by atoms with Gasteiger partial charge in [0.05, 0.1) is 18.7 Å². The number of hydrogen-bond acceptors (Lipinski definition) is 3. The molecule has 0 saturated carbocycles. The van der Waals surface area contributed by atoms with Crippen LogP contribution >= 0.6 is 23.2 Å². The van der Waals surface area contributed by atoms with Crippen LogP contribution < -0.4 is 4.90 Å². The average Bonchev–Trinajstić information content (AvgIpc) is 3.08. The van der Waals surface area contributed by atoms with E-state index in [4.69, 9.17) is 23.2 Å². The lowest BCUT2D eigenvalue weighted by atomic mass is 9.88. The molecule has 1 unspecified atom stereocenters. The minimum atomic E-state index is -1.99. The summed E-state index contributed by atoms with van der Waals surface area (Å²) in [5, 5.41) is 12.4. The van der Waals surface area contributed by atoms with Gasteiger partial charge in [0, 0.05) is 26.7 Å². The third-order valence-corrected chi connectivity index (χ3v) is 7.06. The summed E-state index contributed by atoms with van der Waals surface area (Å²) < 4.78 is 0. The van der Waals surface area contributed by atoms with E-state index < -0.39 is 11.5 Å². The highest BCUT2D eigenvalue weighted by atomic mass is 35.5. The number of nitrogens with zero attached hydrogens (tertiary/aromatic N) is 1. The largest absolute Gasteiger partial charge is 0.375 e. The Balaban J connectivity index is 1.43. The van der Waals surface area contributed by atoms with Gasteiger partial charge in [-0.15, -0.1) is 0 Å². The van der Waals surface area contributed by atoms with E-state index in [1.165, 1.54) is 4.90 Å². The number of para-hydroxylation sites is 1. The van der Waals surface area contributed by atoms with E-state index >= 15 is 0 Å². The van der Waals surface area contributed by atoms with E-state index in [0.29, 0.717) is 32.4 Å². The highest BCUT2D eigenvalue weighted by molar-refractivity contribution is 6.36. The number of fused-ring (bicyclic) bond motifs is 1. The molecule has 0 spiro atoms. The molecule has 1 atom stereocenters. The van der Waals surface area contributed by atoms with E-state index in [1.54, 1.807) is 54.6 Å². The topological polar surface area (TPSA) is 57.6 Å². The number of halogens is 2. The molecule has 0 aromatic heterocycles. The highest BCUT2D eigenvalue weighted by Crippen LogP contribution is 2.44. The van der Waals surface area contributed by atoms with Gasteiger partial charge in [0.1, 0.15) is 0 Å². The number of hydrogen-bond donors (Lipinski definition) is 1. The normalized spacial score (nSPS) is 16.9. The van der Waals surface area contributed by atoms with Crippen molar-refractivity contribution in [3.8, 4) is 11.1 Å². The molecule has 4 aromatic carbocycles. The zero-order chi connectivity index (χ0) is 24.6. The number of amides is 1. The van der Waals surface area contributed by atoms with Crippen LogP contribution in [0.15, 0.2) is 97.1 Å². The second-order valence-corrected chi connectivity index (χ2v) is 9.33. The van der Waals surface area contributed by atoms with Crippen molar-refractivity contribution in [2.45, 2.75) is 18.6 Å². The molecule has 1 aliphatic heterocycles. The number of benzene rings is 4. The van der Waals surface area contributed by atoms with Gasteiger partial charge in [0.15, 0.2) is 11.4 Å². The second-order valence-electron chi connectivity index (χ2n) is 8.51. The molecule has 0 aliphatic carbocycles. The fourth-order valence-electron chi connectivity index (χ4n) is 4.49. The molecule has 5 rings (SSSR count). The van der Waals surface area contributed by atoms with E-state index in [-0.39, 0.29) is 18.7 Å². The van der Waals surface area contributed by atoms with Crippen molar-refractivity contribution in [3.63, 3.8) is 0 Å². The van der Waals surface area contributed by atoms with Crippen LogP contribution in [0.4, 0.5) is 5.69 Å². The van der Waals surface area contributed by atoms with E-state index in [2.05, 4.69) is 0 Å². The summed E-state index contributed by atoms with van der Waals surface area (Å²) in [6, 6.07) is 29.1. The fourth-order valence-corrected chi connectivity index (χ4v) is 5.01. The fraction of sp³-hybridized carbons (Fsp3) is 0.103. The molecule has 0 bridgehead atoms. The molecule has 0 saturated heterocycles. The number of carbonyl (C=O) groups is 2. The Hall–Kier alpha value is -3.44. The first-order valence-corrected chi connectivity index (χ1v) is 11.9. The summed E-state index contributed by atoms with van der Waals surface area (Å²) >= 11 is 12.7. The number of Topliss-reactive ketones (excluding diaryl/α,β-unsaturated/α-hetero) is 1. The van der Waals surface area contributed by atoms with Crippen molar-refractivity contribution in [2.24, 2.45) is 0 Å². The Morgan fingerprint density at radius 1 is 0.771 bits per heavy atom. The quantitative estimate of drug-likeness (QED) is 0.300. The van der Waals surface area contributed by atoms with Crippen LogP contribution in [0.1, 0.15) is 27.9 Å². The van der Waals surface area contributed by atoms with Crippen LogP contribution in [0.2, 0.25) is 10.0 Å². The van der Waals surface area contributed by atoms with Gasteiger partial charge < -0.3 is 10.0 Å². The van der Waals surface area contributed by atoms with Crippen molar-refractivity contribution < 1.29 is 14.7 Å². The second kappa shape index (κ2) is 9.31. The first kappa shape index (κ1) is 23.3. The Kier molecular flexibility index (Phi) is 6.20. The molecule has 1 amide bonds. The van der Waals surface area contributed by atoms with Crippen molar-refractivity contribution in [3.05, 3.63) is 124 Å². The monoisotopic (exact) mass is 501 g/mol. The molecule has 4 aromatic rings. The summed E-state index contributed by atoms with van der Waals surface area (Å²) in [5.41, 5.74) is 1.96. The van der Waals surface area contributed by atoms with Crippen LogP contribution in [0.5, 0.6) is 0 Å². The molecule has 35 heavy (non-hydrogen) atoms. The molecule has 4 nitrogen and oxygen atoms in total. The lowest BCUT2D eigenvalue weighted by Gasteiger charge is -2.23. The predicted octanol–water partition coefficient (Wildman–Crippen LogP) is 6.67. The van der Waals surface area contributed by atoms with E-state index in [0.717, 1.165) is 11.1 Å². The number of anilines is 1. The summed E-state index contributed by atoms with van der Waals surface area (Å²) in [4.78, 5) is 28.2. The van der Waals surface area contributed by atoms with Crippen LogP contribution in [0, 0.1) is 0 Å². The van der Waals surface area contributed by atoms with E-state index in [9.17, 15) is 14.7 Å². The summed E-state index contributed by atoms with van der Waals surface area (Å²) in [6.45, 7) is 0.0800. The standard InChI is InChI=1S/C29H21Cl2NO3/c30-24-10-6-11-25(31)22(24)18-32-26-12-5-4-9-23(26)29(35,28(32)34)17-27(33)21-15-13-20(14-16-21)19-7-2-1-3-8-19/h1-16,35H,17-18H2. The Morgan fingerprint density at radius 2 is 1.37 bits per heavy atom. The Morgan fingerprint density at radius 3 is 2.06 bits per heavy atom. The summed E-state index contributed by atoms with van der Waals surface area (Å²) in [6.07, 6.45) is -0.375.